The highest BCUT2D eigenvalue weighted by atomic mass is 35.5. The summed E-state index contributed by atoms with van der Waals surface area (Å²) in [6, 6.07) is 4.85. The van der Waals surface area contributed by atoms with E-state index in [0.717, 1.165) is 0 Å². The standard InChI is InChI=1S/C13H13ClN4O3/c1-3-15-13-16-7-10(18(19)20)12(17-13)9-6-8(14)4-5-11(9)21-2/h4-7H,3H2,1-2H3,(H,15,16,17). The second-order valence-corrected chi connectivity index (χ2v) is 4.50. The normalized spacial score (nSPS) is 10.2. The molecule has 0 atom stereocenters. The first-order chi connectivity index (χ1) is 10.1. The van der Waals surface area contributed by atoms with Crippen LogP contribution in [0.5, 0.6) is 5.75 Å². The van der Waals surface area contributed by atoms with Crippen molar-refractivity contribution >= 4 is 23.2 Å². The van der Waals surface area contributed by atoms with E-state index >= 15 is 0 Å². The molecule has 1 heterocycles. The van der Waals surface area contributed by atoms with Gasteiger partial charge in [-0.25, -0.2) is 9.97 Å². The van der Waals surface area contributed by atoms with E-state index in [-0.39, 0.29) is 11.4 Å². The summed E-state index contributed by atoms with van der Waals surface area (Å²) < 4.78 is 5.23. The van der Waals surface area contributed by atoms with Crippen molar-refractivity contribution in [2.45, 2.75) is 6.92 Å². The van der Waals surface area contributed by atoms with Gasteiger partial charge in [-0.05, 0) is 25.1 Å². The molecule has 0 radical (unpaired) electrons. The first kappa shape index (κ1) is 15.0. The summed E-state index contributed by atoms with van der Waals surface area (Å²) in [5, 5.41) is 14.5. The number of nitrogens with one attached hydrogen (secondary N) is 1. The predicted octanol–water partition coefficient (Wildman–Crippen LogP) is 3.15. The molecular formula is C13H13ClN4O3. The molecular weight excluding hydrogens is 296 g/mol. The molecule has 1 aromatic carbocycles. The number of nitro groups is 1. The van der Waals surface area contributed by atoms with Crippen molar-refractivity contribution in [1.82, 2.24) is 9.97 Å². The van der Waals surface area contributed by atoms with Crippen molar-refractivity contribution in [3.63, 3.8) is 0 Å². The van der Waals surface area contributed by atoms with Crippen LogP contribution >= 0.6 is 11.6 Å². The molecule has 1 aromatic heterocycles. The van der Waals surface area contributed by atoms with Gasteiger partial charge in [-0.15, -0.1) is 0 Å². The van der Waals surface area contributed by atoms with Crippen molar-refractivity contribution in [2.75, 3.05) is 19.0 Å². The maximum atomic E-state index is 11.2. The number of aromatic nitrogens is 2. The topological polar surface area (TPSA) is 90.2 Å². The van der Waals surface area contributed by atoms with Crippen LogP contribution in [0.3, 0.4) is 0 Å². The van der Waals surface area contributed by atoms with Gasteiger partial charge in [-0.2, -0.15) is 0 Å². The lowest BCUT2D eigenvalue weighted by atomic mass is 10.1. The highest BCUT2D eigenvalue weighted by Crippen LogP contribution is 2.36. The lowest BCUT2D eigenvalue weighted by Gasteiger charge is -2.10. The van der Waals surface area contributed by atoms with Gasteiger partial charge in [0.1, 0.15) is 11.9 Å². The van der Waals surface area contributed by atoms with Crippen molar-refractivity contribution in [2.24, 2.45) is 0 Å². The average molecular weight is 309 g/mol. The van der Waals surface area contributed by atoms with Gasteiger partial charge in [0.05, 0.1) is 17.6 Å². The molecule has 1 N–H and O–H groups in total. The van der Waals surface area contributed by atoms with E-state index in [1.807, 2.05) is 6.92 Å². The number of halogens is 1. The van der Waals surface area contributed by atoms with Crippen LogP contribution in [0.4, 0.5) is 11.6 Å². The van der Waals surface area contributed by atoms with Crippen LogP contribution in [0.2, 0.25) is 5.02 Å². The van der Waals surface area contributed by atoms with Gasteiger partial charge >= 0.3 is 5.69 Å². The van der Waals surface area contributed by atoms with E-state index in [9.17, 15) is 10.1 Å². The molecule has 2 aromatic rings. The van der Waals surface area contributed by atoms with E-state index in [1.165, 1.54) is 13.3 Å². The molecule has 0 aliphatic heterocycles. The van der Waals surface area contributed by atoms with E-state index in [2.05, 4.69) is 15.3 Å². The summed E-state index contributed by atoms with van der Waals surface area (Å²) in [4.78, 5) is 18.8. The molecule has 0 aliphatic carbocycles. The molecule has 0 bridgehead atoms. The smallest absolute Gasteiger partial charge is 0.313 e. The zero-order valence-corrected chi connectivity index (χ0v) is 12.2. The fourth-order valence-electron chi connectivity index (χ4n) is 1.82. The molecule has 8 heteroatoms. The Morgan fingerprint density at radius 3 is 2.86 bits per heavy atom. The largest absolute Gasteiger partial charge is 0.496 e. The van der Waals surface area contributed by atoms with Crippen molar-refractivity contribution in [3.05, 3.63) is 39.5 Å². The molecule has 0 fully saturated rings. The number of methoxy groups -OCH3 is 1. The highest BCUT2D eigenvalue weighted by molar-refractivity contribution is 6.31. The Morgan fingerprint density at radius 2 is 2.24 bits per heavy atom. The molecule has 7 nitrogen and oxygen atoms in total. The molecule has 0 amide bonds. The molecule has 0 unspecified atom stereocenters. The van der Waals surface area contributed by atoms with E-state index in [4.69, 9.17) is 16.3 Å². The van der Waals surface area contributed by atoms with Crippen LogP contribution in [0.1, 0.15) is 6.92 Å². The third-order valence-corrected chi connectivity index (χ3v) is 2.95. The second-order valence-electron chi connectivity index (χ2n) is 4.06. The molecule has 0 saturated heterocycles. The molecule has 0 saturated carbocycles. The number of ether oxygens (including phenoxy) is 1. The Bertz CT molecular complexity index is 678. The summed E-state index contributed by atoms with van der Waals surface area (Å²) in [6.07, 6.45) is 1.17. The SMILES string of the molecule is CCNc1ncc([N+](=O)[O-])c(-c2cc(Cl)ccc2OC)n1. The maximum absolute atomic E-state index is 11.2. The lowest BCUT2D eigenvalue weighted by molar-refractivity contribution is -0.384. The van der Waals surface area contributed by atoms with Crippen molar-refractivity contribution in [1.29, 1.82) is 0 Å². The number of benzene rings is 1. The van der Waals surface area contributed by atoms with Gasteiger partial charge in [0.2, 0.25) is 5.95 Å². The summed E-state index contributed by atoms with van der Waals surface area (Å²) in [5.41, 5.74) is 0.390. The van der Waals surface area contributed by atoms with Crippen LogP contribution < -0.4 is 10.1 Å². The number of rotatable bonds is 5. The predicted molar refractivity (Wildman–Crippen MR) is 79.8 cm³/mol. The third-order valence-electron chi connectivity index (χ3n) is 2.72. The van der Waals surface area contributed by atoms with Crippen LogP contribution in [0.25, 0.3) is 11.3 Å². The minimum atomic E-state index is -0.536. The van der Waals surface area contributed by atoms with Gasteiger partial charge in [0, 0.05) is 11.6 Å². The average Bonchev–Trinajstić information content (AvgIpc) is 2.47. The van der Waals surface area contributed by atoms with Gasteiger partial charge in [-0.1, -0.05) is 11.6 Å². The van der Waals surface area contributed by atoms with E-state index in [0.29, 0.717) is 28.8 Å². The van der Waals surface area contributed by atoms with Crippen LogP contribution in [-0.4, -0.2) is 28.5 Å². The number of hydrogen-bond acceptors (Lipinski definition) is 6. The minimum absolute atomic E-state index is 0.158. The Morgan fingerprint density at radius 1 is 1.48 bits per heavy atom. The first-order valence-corrected chi connectivity index (χ1v) is 6.53. The Hall–Kier alpha value is -2.41. The third kappa shape index (κ3) is 3.19. The summed E-state index contributed by atoms with van der Waals surface area (Å²) >= 11 is 5.97. The van der Waals surface area contributed by atoms with Crippen LogP contribution in [0.15, 0.2) is 24.4 Å². The fourth-order valence-corrected chi connectivity index (χ4v) is 1.99. The number of anilines is 1. The van der Waals surface area contributed by atoms with E-state index in [1.54, 1.807) is 18.2 Å². The Labute approximate surface area is 126 Å². The van der Waals surface area contributed by atoms with Gasteiger partial charge < -0.3 is 10.1 Å². The fraction of sp³-hybridized carbons (Fsp3) is 0.231. The Kier molecular flexibility index (Phi) is 4.54. The molecule has 21 heavy (non-hydrogen) atoms. The molecule has 110 valence electrons. The van der Waals surface area contributed by atoms with Crippen molar-refractivity contribution in [3.8, 4) is 17.0 Å². The zero-order valence-electron chi connectivity index (χ0n) is 11.5. The molecule has 2 rings (SSSR count). The quantitative estimate of drug-likeness (QED) is 0.674. The van der Waals surface area contributed by atoms with Crippen molar-refractivity contribution < 1.29 is 9.66 Å². The lowest BCUT2D eigenvalue weighted by Crippen LogP contribution is -2.05. The minimum Gasteiger partial charge on any atom is -0.496 e. The van der Waals surface area contributed by atoms with Gasteiger partial charge in [0.15, 0.2) is 5.69 Å². The number of hydrogen-bond donors (Lipinski definition) is 1. The first-order valence-electron chi connectivity index (χ1n) is 6.16. The molecule has 0 aliphatic rings. The van der Waals surface area contributed by atoms with Gasteiger partial charge in [0.25, 0.3) is 0 Å². The van der Waals surface area contributed by atoms with Crippen LogP contribution in [0, 0.1) is 10.1 Å². The highest BCUT2D eigenvalue weighted by Gasteiger charge is 2.22. The summed E-state index contributed by atoms with van der Waals surface area (Å²) in [6.45, 7) is 2.48. The monoisotopic (exact) mass is 308 g/mol. The van der Waals surface area contributed by atoms with E-state index < -0.39 is 4.92 Å². The summed E-state index contributed by atoms with van der Waals surface area (Å²) in [7, 11) is 1.48. The van der Waals surface area contributed by atoms with Gasteiger partial charge in [-0.3, -0.25) is 10.1 Å². The van der Waals surface area contributed by atoms with Crippen LogP contribution in [-0.2, 0) is 0 Å². The Balaban J connectivity index is 2.67. The zero-order chi connectivity index (χ0) is 15.4. The summed E-state index contributed by atoms with van der Waals surface area (Å²) in [5.74, 6) is 0.753. The second kappa shape index (κ2) is 6.36. The molecule has 0 spiro atoms. The number of nitrogens with zero attached hydrogens (tertiary/aromatic N) is 3. The maximum Gasteiger partial charge on any atom is 0.313 e.